The van der Waals surface area contributed by atoms with E-state index in [1.807, 2.05) is 0 Å². The van der Waals surface area contributed by atoms with Crippen molar-refractivity contribution in [1.29, 1.82) is 0 Å². The summed E-state index contributed by atoms with van der Waals surface area (Å²) in [6.45, 7) is 1.79. The van der Waals surface area contributed by atoms with Gasteiger partial charge in [-0.05, 0) is 6.07 Å². The number of aliphatic hydroxyl groups is 1. The van der Waals surface area contributed by atoms with Gasteiger partial charge in [0.2, 0.25) is 10.0 Å². The van der Waals surface area contributed by atoms with Crippen LogP contribution < -0.4 is 5.73 Å². The lowest BCUT2D eigenvalue weighted by atomic mass is 10.4. The third kappa shape index (κ3) is 2.49. The van der Waals surface area contributed by atoms with Crippen molar-refractivity contribution in [2.75, 3.05) is 25.4 Å². The second-order valence-corrected chi connectivity index (χ2v) is 5.04. The van der Waals surface area contributed by atoms with Crippen LogP contribution in [0.2, 0.25) is 0 Å². The Kier molecular flexibility index (Phi) is 4.22. The molecular weight excluding hydrogens is 230 g/mol. The number of sulfonamides is 1. The molecule has 0 bridgehead atoms. The van der Waals surface area contributed by atoms with Crippen molar-refractivity contribution in [3.8, 4) is 0 Å². The number of hydrogen-bond donors (Lipinski definition) is 2. The van der Waals surface area contributed by atoms with E-state index in [0.29, 0.717) is 0 Å². The molecule has 7 heteroatoms. The first kappa shape index (κ1) is 12.9. The summed E-state index contributed by atoms with van der Waals surface area (Å²) in [5.74, 6) is 0. The smallest absolute Gasteiger partial charge is 0.246 e. The highest BCUT2D eigenvalue weighted by Crippen LogP contribution is 2.20. The minimum absolute atomic E-state index is 0.0229. The molecule has 0 spiro atoms. The molecule has 0 aliphatic rings. The van der Waals surface area contributed by atoms with Gasteiger partial charge in [-0.1, -0.05) is 6.92 Å². The summed E-state index contributed by atoms with van der Waals surface area (Å²) < 4.78 is 25.3. The number of anilines is 1. The summed E-state index contributed by atoms with van der Waals surface area (Å²) in [6, 6.07) is 1.43. The van der Waals surface area contributed by atoms with Gasteiger partial charge in [0.15, 0.2) is 0 Å². The van der Waals surface area contributed by atoms with Crippen molar-refractivity contribution in [2.24, 2.45) is 0 Å². The third-order valence-corrected chi connectivity index (χ3v) is 4.15. The first-order valence-corrected chi connectivity index (χ1v) is 6.28. The fourth-order valence-corrected chi connectivity index (χ4v) is 2.81. The Morgan fingerprint density at radius 2 is 2.25 bits per heavy atom. The predicted octanol–water partition coefficient (Wildman–Crippen LogP) is -0.333. The second kappa shape index (κ2) is 5.24. The SMILES string of the molecule is CCN(CCO)S(=O)(=O)c1cnccc1N. The quantitative estimate of drug-likeness (QED) is 0.740. The van der Waals surface area contributed by atoms with Crippen molar-refractivity contribution in [3.63, 3.8) is 0 Å². The molecule has 1 rings (SSSR count). The highest BCUT2D eigenvalue weighted by atomic mass is 32.2. The monoisotopic (exact) mass is 245 g/mol. The van der Waals surface area contributed by atoms with E-state index in [1.165, 1.54) is 18.5 Å². The lowest BCUT2D eigenvalue weighted by Crippen LogP contribution is -2.33. The number of aromatic nitrogens is 1. The molecule has 1 aromatic rings. The molecule has 90 valence electrons. The van der Waals surface area contributed by atoms with Crippen LogP contribution in [-0.2, 0) is 10.0 Å². The molecular formula is C9H15N3O3S. The van der Waals surface area contributed by atoms with Gasteiger partial charge in [0.1, 0.15) is 4.90 Å². The van der Waals surface area contributed by atoms with E-state index in [4.69, 9.17) is 10.8 Å². The molecule has 0 aromatic carbocycles. The van der Waals surface area contributed by atoms with Crippen LogP contribution in [0.1, 0.15) is 6.92 Å². The van der Waals surface area contributed by atoms with Gasteiger partial charge < -0.3 is 10.8 Å². The Morgan fingerprint density at radius 1 is 1.56 bits per heavy atom. The molecule has 1 heterocycles. The fraction of sp³-hybridized carbons (Fsp3) is 0.444. The molecule has 0 aliphatic heterocycles. The Morgan fingerprint density at radius 3 is 2.75 bits per heavy atom. The average Bonchev–Trinajstić information content (AvgIpc) is 2.26. The van der Waals surface area contributed by atoms with Crippen LogP contribution in [0, 0.1) is 0 Å². The highest BCUT2D eigenvalue weighted by Gasteiger charge is 2.24. The summed E-state index contributed by atoms with van der Waals surface area (Å²) in [5, 5.41) is 8.79. The number of pyridine rings is 1. The third-order valence-electron chi connectivity index (χ3n) is 2.14. The molecule has 0 aliphatic carbocycles. The number of nitrogen functional groups attached to an aromatic ring is 1. The zero-order valence-electron chi connectivity index (χ0n) is 9.00. The second-order valence-electron chi connectivity index (χ2n) is 3.13. The Labute approximate surface area is 94.8 Å². The molecule has 0 radical (unpaired) electrons. The molecule has 0 saturated carbocycles. The van der Waals surface area contributed by atoms with E-state index >= 15 is 0 Å². The van der Waals surface area contributed by atoms with E-state index in [0.717, 1.165) is 4.31 Å². The van der Waals surface area contributed by atoms with Gasteiger partial charge in [0, 0.05) is 25.5 Å². The van der Waals surface area contributed by atoms with Gasteiger partial charge in [0.05, 0.1) is 12.3 Å². The summed E-state index contributed by atoms with van der Waals surface area (Å²) in [6.07, 6.45) is 2.64. The molecule has 0 unspecified atom stereocenters. The molecule has 1 aromatic heterocycles. The molecule has 6 nitrogen and oxygen atoms in total. The Bertz CT molecular complexity index is 447. The number of rotatable bonds is 5. The predicted molar refractivity (Wildman–Crippen MR) is 60.2 cm³/mol. The van der Waals surface area contributed by atoms with Gasteiger partial charge in [-0.15, -0.1) is 0 Å². The maximum absolute atomic E-state index is 12.1. The Balaban J connectivity index is 3.15. The van der Waals surface area contributed by atoms with Crippen molar-refractivity contribution in [3.05, 3.63) is 18.5 Å². The van der Waals surface area contributed by atoms with Crippen molar-refractivity contribution in [1.82, 2.24) is 9.29 Å². The topological polar surface area (TPSA) is 96.5 Å². The van der Waals surface area contributed by atoms with E-state index in [-0.39, 0.29) is 30.3 Å². The molecule has 0 atom stereocenters. The van der Waals surface area contributed by atoms with Crippen molar-refractivity contribution < 1.29 is 13.5 Å². The zero-order valence-corrected chi connectivity index (χ0v) is 9.81. The van der Waals surface area contributed by atoms with Gasteiger partial charge >= 0.3 is 0 Å². The fourth-order valence-electron chi connectivity index (χ4n) is 1.31. The van der Waals surface area contributed by atoms with Crippen LogP contribution in [0.5, 0.6) is 0 Å². The summed E-state index contributed by atoms with van der Waals surface area (Å²) in [7, 11) is -3.66. The van der Waals surface area contributed by atoms with Crippen LogP contribution >= 0.6 is 0 Å². The summed E-state index contributed by atoms with van der Waals surface area (Å²) in [5.41, 5.74) is 5.75. The maximum Gasteiger partial charge on any atom is 0.246 e. The van der Waals surface area contributed by atoms with Crippen molar-refractivity contribution in [2.45, 2.75) is 11.8 Å². The van der Waals surface area contributed by atoms with Gasteiger partial charge in [0.25, 0.3) is 0 Å². The summed E-state index contributed by atoms with van der Waals surface area (Å²) in [4.78, 5) is 3.72. The summed E-state index contributed by atoms with van der Waals surface area (Å²) >= 11 is 0. The zero-order chi connectivity index (χ0) is 12.2. The van der Waals surface area contributed by atoms with E-state index in [9.17, 15) is 8.42 Å². The maximum atomic E-state index is 12.1. The number of nitrogens with two attached hydrogens (primary N) is 1. The van der Waals surface area contributed by atoms with Crippen LogP contribution in [0.3, 0.4) is 0 Å². The van der Waals surface area contributed by atoms with E-state index in [1.54, 1.807) is 6.92 Å². The lowest BCUT2D eigenvalue weighted by molar-refractivity contribution is 0.257. The molecule has 0 amide bonds. The number of hydrogen-bond acceptors (Lipinski definition) is 5. The van der Waals surface area contributed by atoms with Gasteiger partial charge in [-0.3, -0.25) is 4.98 Å². The normalized spacial score (nSPS) is 11.9. The molecule has 0 fully saturated rings. The average molecular weight is 245 g/mol. The minimum Gasteiger partial charge on any atom is -0.398 e. The molecule has 3 N–H and O–H groups in total. The van der Waals surface area contributed by atoms with Crippen LogP contribution in [0.25, 0.3) is 0 Å². The Hall–Kier alpha value is -1.18. The van der Waals surface area contributed by atoms with Crippen LogP contribution in [0.4, 0.5) is 5.69 Å². The highest BCUT2D eigenvalue weighted by molar-refractivity contribution is 7.89. The van der Waals surface area contributed by atoms with Gasteiger partial charge in [-0.2, -0.15) is 4.31 Å². The first-order chi connectivity index (χ1) is 7.54. The van der Waals surface area contributed by atoms with Crippen molar-refractivity contribution >= 4 is 15.7 Å². The number of aliphatic hydroxyl groups excluding tert-OH is 1. The minimum atomic E-state index is -3.66. The van der Waals surface area contributed by atoms with E-state index < -0.39 is 10.0 Å². The molecule has 0 saturated heterocycles. The largest absolute Gasteiger partial charge is 0.398 e. The number of nitrogens with zero attached hydrogens (tertiary/aromatic N) is 2. The van der Waals surface area contributed by atoms with Crippen LogP contribution in [-0.4, -0.2) is 42.5 Å². The van der Waals surface area contributed by atoms with Gasteiger partial charge in [-0.25, -0.2) is 8.42 Å². The first-order valence-electron chi connectivity index (χ1n) is 4.84. The lowest BCUT2D eigenvalue weighted by Gasteiger charge is -2.19. The number of likely N-dealkylation sites (N-methyl/N-ethyl adjacent to an activating group) is 1. The van der Waals surface area contributed by atoms with E-state index in [2.05, 4.69) is 4.98 Å². The molecule has 16 heavy (non-hydrogen) atoms. The van der Waals surface area contributed by atoms with Crippen LogP contribution in [0.15, 0.2) is 23.4 Å². The standard InChI is InChI=1S/C9H15N3O3S/c1-2-12(5-6-13)16(14,15)9-7-11-4-3-8(9)10/h3-4,7,13H,2,5-6H2,1H3,(H2,10,11).